The van der Waals surface area contributed by atoms with Gasteiger partial charge in [-0.15, -0.1) is 0 Å². The van der Waals surface area contributed by atoms with E-state index in [1.807, 2.05) is 33.8 Å². The molecule has 2 aliphatic rings. The van der Waals surface area contributed by atoms with Crippen LogP contribution in [0.2, 0.25) is 5.02 Å². The Morgan fingerprint density at radius 2 is 1.95 bits per heavy atom. The average molecular weight is 595 g/mol. The number of fused-ring (bicyclic) bond motifs is 2. The van der Waals surface area contributed by atoms with Crippen LogP contribution in [0.15, 0.2) is 48.7 Å². The van der Waals surface area contributed by atoms with Crippen molar-refractivity contribution in [1.82, 2.24) is 10.3 Å². The van der Waals surface area contributed by atoms with Gasteiger partial charge in [0.2, 0.25) is 11.8 Å². The number of aromatic carboxylic acids is 1. The van der Waals surface area contributed by atoms with Crippen molar-refractivity contribution in [3.8, 4) is 5.75 Å². The summed E-state index contributed by atoms with van der Waals surface area (Å²) < 4.78 is 21.3. The summed E-state index contributed by atoms with van der Waals surface area (Å²) in [5.74, 6) is -3.75. The number of aromatic nitrogens is 1. The van der Waals surface area contributed by atoms with Crippen LogP contribution in [-0.2, 0) is 15.0 Å². The molecular weight excluding hydrogens is 563 g/mol. The lowest BCUT2D eigenvalue weighted by Crippen LogP contribution is -2.50. The zero-order valence-corrected chi connectivity index (χ0v) is 24.6. The van der Waals surface area contributed by atoms with Crippen molar-refractivity contribution in [2.24, 2.45) is 5.41 Å². The minimum absolute atomic E-state index is 0.0208. The topological polar surface area (TPSA) is 130 Å². The van der Waals surface area contributed by atoms with Crippen LogP contribution in [-0.4, -0.2) is 47.1 Å². The number of carboxylic acids is 1. The maximum Gasteiger partial charge on any atom is 0.335 e. The number of hydrogen-bond acceptors (Lipinski definition) is 6. The van der Waals surface area contributed by atoms with Gasteiger partial charge < -0.3 is 25.8 Å². The molecule has 1 aromatic heterocycles. The van der Waals surface area contributed by atoms with Gasteiger partial charge in [0.1, 0.15) is 17.0 Å². The molecule has 1 saturated heterocycles. The summed E-state index contributed by atoms with van der Waals surface area (Å²) in [6, 6.07) is 8.68. The highest BCUT2D eigenvalue weighted by Crippen LogP contribution is 2.56. The molecule has 1 spiro atoms. The van der Waals surface area contributed by atoms with Crippen LogP contribution < -0.4 is 20.7 Å². The van der Waals surface area contributed by atoms with Crippen LogP contribution in [0, 0.1) is 18.2 Å². The van der Waals surface area contributed by atoms with Gasteiger partial charge in [-0.25, -0.2) is 9.18 Å². The van der Waals surface area contributed by atoms with E-state index in [0.717, 1.165) is 5.56 Å². The number of carboxylic acid groups (broad SMARTS) is 1. The molecule has 2 aromatic carbocycles. The van der Waals surface area contributed by atoms with E-state index in [9.17, 15) is 19.5 Å². The summed E-state index contributed by atoms with van der Waals surface area (Å²) in [5.41, 5.74) is 0.331. The van der Waals surface area contributed by atoms with Crippen LogP contribution in [0.25, 0.3) is 0 Å². The number of ether oxygens (including phenoxy) is 1. The SMILES string of the molecule is COc1cc(C(=O)O)ccc1NC(=O)[C@@H]1N[C@@H](CC(C)(C)C)[C@@]2(C(=O)Nc3cc(C)cnc32)[C@H]1c1cccc(Cl)c1F. The van der Waals surface area contributed by atoms with E-state index in [4.69, 9.17) is 21.3 Å². The molecule has 11 heteroatoms. The Morgan fingerprint density at radius 3 is 2.62 bits per heavy atom. The number of nitrogens with zero attached hydrogens (tertiary/aromatic N) is 1. The van der Waals surface area contributed by atoms with Crippen molar-refractivity contribution in [1.29, 1.82) is 0 Å². The molecular formula is C31H32ClFN4O5. The monoisotopic (exact) mass is 594 g/mol. The van der Waals surface area contributed by atoms with Crippen LogP contribution in [0.3, 0.4) is 0 Å². The zero-order chi connectivity index (χ0) is 30.6. The fraction of sp³-hybridized carbons (Fsp3) is 0.355. The molecule has 42 heavy (non-hydrogen) atoms. The Hall–Kier alpha value is -4.02. The van der Waals surface area contributed by atoms with Crippen molar-refractivity contribution in [3.05, 3.63) is 81.9 Å². The molecule has 220 valence electrons. The number of rotatable bonds is 6. The molecule has 4 atom stereocenters. The summed E-state index contributed by atoms with van der Waals surface area (Å²) in [6.07, 6.45) is 2.11. The molecule has 2 aliphatic heterocycles. The average Bonchev–Trinajstić information content (AvgIpc) is 3.39. The number of nitrogens with one attached hydrogen (secondary N) is 3. The molecule has 4 N–H and O–H groups in total. The van der Waals surface area contributed by atoms with E-state index in [1.165, 1.54) is 37.4 Å². The highest BCUT2D eigenvalue weighted by atomic mass is 35.5. The number of amides is 2. The molecule has 0 unspecified atom stereocenters. The molecule has 2 amide bonds. The molecule has 0 saturated carbocycles. The fourth-order valence-electron chi connectivity index (χ4n) is 6.25. The first-order valence-electron chi connectivity index (χ1n) is 13.5. The van der Waals surface area contributed by atoms with Gasteiger partial charge in [-0.2, -0.15) is 0 Å². The number of carbonyl (C=O) groups is 3. The van der Waals surface area contributed by atoms with Crippen molar-refractivity contribution >= 4 is 40.8 Å². The van der Waals surface area contributed by atoms with E-state index >= 15 is 4.39 Å². The maximum absolute atomic E-state index is 15.9. The third kappa shape index (κ3) is 4.88. The van der Waals surface area contributed by atoms with E-state index < -0.39 is 41.1 Å². The van der Waals surface area contributed by atoms with Crippen LogP contribution >= 0.6 is 11.6 Å². The first kappa shape index (κ1) is 29.5. The van der Waals surface area contributed by atoms with Gasteiger partial charge in [0.05, 0.1) is 40.8 Å². The molecule has 3 aromatic rings. The number of methoxy groups -OCH3 is 1. The predicted molar refractivity (Wildman–Crippen MR) is 157 cm³/mol. The zero-order valence-electron chi connectivity index (χ0n) is 23.8. The van der Waals surface area contributed by atoms with Gasteiger partial charge in [0, 0.05) is 18.2 Å². The number of hydrogen-bond donors (Lipinski definition) is 4. The Balaban J connectivity index is 1.70. The Labute approximate surface area is 247 Å². The number of halogens is 2. The number of carbonyl (C=O) groups excluding carboxylic acids is 2. The molecule has 0 bridgehead atoms. The van der Waals surface area contributed by atoms with Crippen molar-refractivity contribution in [3.63, 3.8) is 0 Å². The second kappa shape index (κ2) is 10.7. The number of anilines is 2. The molecule has 0 aliphatic carbocycles. The van der Waals surface area contributed by atoms with Crippen molar-refractivity contribution in [2.45, 2.75) is 57.5 Å². The van der Waals surface area contributed by atoms with Crippen LogP contribution in [0.5, 0.6) is 5.75 Å². The smallest absolute Gasteiger partial charge is 0.335 e. The standard InChI is InChI=1S/C31H32ClFN4O5/c1-15-11-20-26(34-14-15)31(29(41)36-20)22(13-30(2,3)4)37-25(23(31)17-7-6-8-18(32)24(17)33)27(38)35-19-10-9-16(28(39)40)12-21(19)42-5/h6-12,14,22-23,25,37H,13H2,1-5H3,(H,35,38)(H,36,41)(H,39,40)/t22-,23-,25+,31+/m0/s1. The maximum atomic E-state index is 15.9. The van der Waals surface area contributed by atoms with Gasteiger partial charge in [0.25, 0.3) is 0 Å². The lowest BCUT2D eigenvalue weighted by Gasteiger charge is -2.37. The van der Waals surface area contributed by atoms with E-state index in [1.54, 1.807) is 12.3 Å². The highest BCUT2D eigenvalue weighted by molar-refractivity contribution is 6.30. The van der Waals surface area contributed by atoms with Crippen molar-refractivity contribution in [2.75, 3.05) is 17.7 Å². The lowest BCUT2D eigenvalue weighted by molar-refractivity contribution is -0.122. The predicted octanol–water partition coefficient (Wildman–Crippen LogP) is 5.28. The summed E-state index contributed by atoms with van der Waals surface area (Å²) in [6.45, 7) is 7.93. The first-order chi connectivity index (χ1) is 19.8. The summed E-state index contributed by atoms with van der Waals surface area (Å²) in [5, 5.41) is 18.4. The Bertz CT molecular complexity index is 1610. The molecule has 1 fully saturated rings. The molecule has 9 nitrogen and oxygen atoms in total. The second-order valence-electron chi connectivity index (χ2n) is 12.0. The summed E-state index contributed by atoms with van der Waals surface area (Å²) in [4.78, 5) is 44.5. The summed E-state index contributed by atoms with van der Waals surface area (Å²) >= 11 is 6.25. The highest BCUT2D eigenvalue weighted by Gasteiger charge is 2.67. The van der Waals surface area contributed by atoms with Crippen LogP contribution in [0.1, 0.15) is 60.3 Å². The van der Waals surface area contributed by atoms with E-state index in [0.29, 0.717) is 17.8 Å². The van der Waals surface area contributed by atoms with Crippen LogP contribution in [0.4, 0.5) is 15.8 Å². The third-order valence-electron chi connectivity index (χ3n) is 7.92. The summed E-state index contributed by atoms with van der Waals surface area (Å²) in [7, 11) is 1.36. The quantitative estimate of drug-likeness (QED) is 0.306. The van der Waals surface area contributed by atoms with E-state index in [-0.39, 0.29) is 38.9 Å². The third-order valence-corrected chi connectivity index (χ3v) is 8.21. The molecule has 3 heterocycles. The van der Waals surface area contributed by atoms with Gasteiger partial charge in [-0.3, -0.25) is 14.6 Å². The van der Waals surface area contributed by atoms with E-state index in [2.05, 4.69) is 16.0 Å². The first-order valence-corrected chi connectivity index (χ1v) is 13.9. The van der Waals surface area contributed by atoms with Gasteiger partial charge in [0.15, 0.2) is 0 Å². The second-order valence-corrected chi connectivity index (χ2v) is 12.4. The molecule has 0 radical (unpaired) electrons. The number of aryl methyl sites for hydroxylation is 1. The minimum Gasteiger partial charge on any atom is -0.495 e. The normalized spacial score (nSPS) is 23.0. The molecule has 5 rings (SSSR count). The van der Waals surface area contributed by atoms with Gasteiger partial charge in [-0.05, 0) is 60.2 Å². The van der Waals surface area contributed by atoms with Crippen molar-refractivity contribution < 1.29 is 28.6 Å². The number of pyridine rings is 1. The Kier molecular flexibility index (Phi) is 7.49. The minimum atomic E-state index is -1.46. The van der Waals surface area contributed by atoms with Gasteiger partial charge in [-0.1, -0.05) is 44.5 Å². The number of benzene rings is 2. The lowest BCUT2D eigenvalue weighted by atomic mass is 9.64. The van der Waals surface area contributed by atoms with Gasteiger partial charge >= 0.3 is 5.97 Å². The fourth-order valence-corrected chi connectivity index (χ4v) is 6.43. The Morgan fingerprint density at radius 1 is 1.21 bits per heavy atom. The largest absolute Gasteiger partial charge is 0.495 e.